The van der Waals surface area contributed by atoms with Crippen molar-refractivity contribution in [1.29, 1.82) is 0 Å². The minimum atomic E-state index is -3.99. The predicted molar refractivity (Wildman–Crippen MR) is 137 cm³/mol. The molecule has 0 spiro atoms. The first-order valence-electron chi connectivity index (χ1n) is 12.1. The van der Waals surface area contributed by atoms with Crippen molar-refractivity contribution < 1.29 is 27.1 Å². The SMILES string of the molecule is CCC(C(=O)NC1CCCC1)N(Cc1ccc(OC)cc1)C(=O)CN(c1ccccc1F)S(C)(=O)=O. The molecule has 196 valence electrons. The van der Waals surface area contributed by atoms with E-state index >= 15 is 0 Å². The summed E-state index contributed by atoms with van der Waals surface area (Å²) in [5.74, 6) is -0.995. The van der Waals surface area contributed by atoms with Crippen LogP contribution in [-0.4, -0.2) is 57.1 Å². The van der Waals surface area contributed by atoms with E-state index < -0.39 is 34.3 Å². The van der Waals surface area contributed by atoms with Gasteiger partial charge in [0.05, 0.1) is 19.1 Å². The molecule has 0 aliphatic heterocycles. The van der Waals surface area contributed by atoms with E-state index in [4.69, 9.17) is 4.74 Å². The van der Waals surface area contributed by atoms with Gasteiger partial charge in [-0.25, -0.2) is 12.8 Å². The van der Waals surface area contributed by atoms with Gasteiger partial charge in [0, 0.05) is 12.6 Å². The monoisotopic (exact) mass is 519 g/mol. The van der Waals surface area contributed by atoms with Crippen molar-refractivity contribution in [2.45, 2.75) is 57.7 Å². The van der Waals surface area contributed by atoms with Crippen molar-refractivity contribution in [3.63, 3.8) is 0 Å². The lowest BCUT2D eigenvalue weighted by molar-refractivity contribution is -0.140. The van der Waals surface area contributed by atoms with Crippen LogP contribution in [0.1, 0.15) is 44.6 Å². The van der Waals surface area contributed by atoms with Gasteiger partial charge in [-0.05, 0) is 49.1 Å². The number of halogens is 1. The van der Waals surface area contributed by atoms with Gasteiger partial charge in [0.1, 0.15) is 24.2 Å². The molecule has 8 nitrogen and oxygen atoms in total. The van der Waals surface area contributed by atoms with Crippen LogP contribution in [0.4, 0.5) is 10.1 Å². The van der Waals surface area contributed by atoms with Gasteiger partial charge < -0.3 is 15.0 Å². The van der Waals surface area contributed by atoms with Crippen LogP contribution in [0.3, 0.4) is 0 Å². The lowest BCUT2D eigenvalue weighted by Crippen LogP contribution is -2.53. The number of benzene rings is 2. The Morgan fingerprint density at radius 1 is 1.11 bits per heavy atom. The average molecular weight is 520 g/mol. The fourth-order valence-corrected chi connectivity index (χ4v) is 5.31. The number of carbonyl (C=O) groups excluding carboxylic acids is 2. The summed E-state index contributed by atoms with van der Waals surface area (Å²) in [6.07, 6.45) is 5.13. The number of methoxy groups -OCH3 is 1. The molecule has 0 bridgehead atoms. The highest BCUT2D eigenvalue weighted by molar-refractivity contribution is 7.92. The summed E-state index contributed by atoms with van der Waals surface area (Å²) in [5, 5.41) is 3.05. The summed E-state index contributed by atoms with van der Waals surface area (Å²) >= 11 is 0. The zero-order chi connectivity index (χ0) is 26.3. The van der Waals surface area contributed by atoms with Crippen LogP contribution < -0.4 is 14.4 Å². The van der Waals surface area contributed by atoms with Crippen molar-refractivity contribution in [2.24, 2.45) is 0 Å². The maximum atomic E-state index is 14.5. The van der Waals surface area contributed by atoms with Crippen LogP contribution >= 0.6 is 0 Å². The van der Waals surface area contributed by atoms with Crippen LogP contribution in [-0.2, 0) is 26.2 Å². The molecule has 1 fully saturated rings. The number of hydrogen-bond donors (Lipinski definition) is 1. The van der Waals surface area contributed by atoms with Crippen LogP contribution in [0.15, 0.2) is 48.5 Å². The molecule has 1 saturated carbocycles. The lowest BCUT2D eigenvalue weighted by atomic mass is 10.1. The van der Waals surface area contributed by atoms with Crippen LogP contribution in [0.25, 0.3) is 0 Å². The van der Waals surface area contributed by atoms with Gasteiger partial charge in [-0.1, -0.05) is 44.0 Å². The number of sulfonamides is 1. The molecule has 0 aromatic heterocycles. The zero-order valence-corrected chi connectivity index (χ0v) is 21.8. The molecule has 1 unspecified atom stereocenters. The third kappa shape index (κ3) is 6.96. The van der Waals surface area contributed by atoms with Gasteiger partial charge in [0.15, 0.2) is 0 Å². The number of nitrogens with one attached hydrogen (secondary N) is 1. The Morgan fingerprint density at radius 3 is 2.31 bits per heavy atom. The fraction of sp³-hybridized carbons (Fsp3) is 0.462. The Labute approximate surface area is 212 Å². The van der Waals surface area contributed by atoms with E-state index in [-0.39, 0.29) is 24.2 Å². The van der Waals surface area contributed by atoms with Gasteiger partial charge >= 0.3 is 0 Å². The topological polar surface area (TPSA) is 96.0 Å². The lowest BCUT2D eigenvalue weighted by Gasteiger charge is -2.33. The standard InChI is InChI=1S/C26H34FN3O5S/c1-4-23(26(32)28-20-9-5-6-10-20)29(17-19-13-15-21(35-2)16-14-19)25(31)18-30(36(3,33)34)24-12-8-7-11-22(24)27/h7-8,11-16,20,23H,4-6,9-10,17-18H2,1-3H3,(H,28,32). The van der Waals surface area contributed by atoms with E-state index in [0.29, 0.717) is 12.2 Å². The first-order valence-corrected chi connectivity index (χ1v) is 13.9. The number of anilines is 1. The Bertz CT molecular complexity index is 1150. The third-order valence-corrected chi connectivity index (χ3v) is 7.53. The number of hydrogen-bond acceptors (Lipinski definition) is 5. The molecular weight excluding hydrogens is 485 g/mol. The second-order valence-electron chi connectivity index (χ2n) is 9.00. The predicted octanol–water partition coefficient (Wildman–Crippen LogP) is 3.47. The molecule has 36 heavy (non-hydrogen) atoms. The second-order valence-corrected chi connectivity index (χ2v) is 10.9. The Kier molecular flexibility index (Phi) is 9.31. The number of ether oxygens (including phenoxy) is 1. The summed E-state index contributed by atoms with van der Waals surface area (Å²) in [4.78, 5) is 28.3. The maximum absolute atomic E-state index is 14.5. The molecule has 2 amide bonds. The molecule has 2 aromatic carbocycles. The summed E-state index contributed by atoms with van der Waals surface area (Å²) in [5.41, 5.74) is 0.522. The van der Waals surface area contributed by atoms with Crippen molar-refractivity contribution >= 4 is 27.5 Å². The van der Waals surface area contributed by atoms with Crippen molar-refractivity contribution in [1.82, 2.24) is 10.2 Å². The van der Waals surface area contributed by atoms with Crippen LogP contribution in [0.5, 0.6) is 5.75 Å². The largest absolute Gasteiger partial charge is 0.497 e. The Balaban J connectivity index is 1.92. The van der Waals surface area contributed by atoms with Crippen LogP contribution in [0.2, 0.25) is 0 Å². The number of amides is 2. The highest BCUT2D eigenvalue weighted by Gasteiger charge is 2.33. The second kappa shape index (κ2) is 12.2. The van der Waals surface area contributed by atoms with Crippen LogP contribution in [0, 0.1) is 5.82 Å². The fourth-order valence-electron chi connectivity index (χ4n) is 4.46. The number of carbonyl (C=O) groups is 2. The first kappa shape index (κ1) is 27.4. The average Bonchev–Trinajstić information content (AvgIpc) is 3.35. The first-order chi connectivity index (χ1) is 17.1. The molecule has 3 rings (SSSR count). The van der Waals surface area contributed by atoms with Gasteiger partial charge in [0.25, 0.3) is 0 Å². The zero-order valence-electron chi connectivity index (χ0n) is 20.9. The smallest absolute Gasteiger partial charge is 0.244 e. The van der Waals surface area contributed by atoms with Gasteiger partial charge in [-0.2, -0.15) is 0 Å². The van der Waals surface area contributed by atoms with E-state index in [0.717, 1.165) is 47.9 Å². The molecular formula is C26H34FN3O5S. The number of rotatable bonds is 11. The number of para-hydroxylation sites is 1. The molecule has 1 aliphatic rings. The molecule has 0 radical (unpaired) electrons. The van der Waals surface area contributed by atoms with Crippen molar-refractivity contribution in [3.8, 4) is 5.75 Å². The molecule has 1 atom stereocenters. The normalized spacial score (nSPS) is 14.8. The number of nitrogens with zero attached hydrogens (tertiary/aromatic N) is 2. The minimum absolute atomic E-state index is 0.0652. The van der Waals surface area contributed by atoms with Gasteiger partial charge in [-0.3, -0.25) is 13.9 Å². The summed E-state index contributed by atoms with van der Waals surface area (Å²) in [7, 11) is -2.44. The van der Waals surface area contributed by atoms with Gasteiger partial charge in [-0.15, -0.1) is 0 Å². The Morgan fingerprint density at radius 2 is 1.75 bits per heavy atom. The van der Waals surface area contributed by atoms with E-state index in [9.17, 15) is 22.4 Å². The van der Waals surface area contributed by atoms with E-state index in [1.807, 2.05) is 0 Å². The molecule has 0 heterocycles. The molecule has 1 N–H and O–H groups in total. The summed E-state index contributed by atoms with van der Waals surface area (Å²) in [6, 6.07) is 11.7. The van der Waals surface area contributed by atoms with Gasteiger partial charge in [0.2, 0.25) is 21.8 Å². The van der Waals surface area contributed by atoms with Crippen molar-refractivity contribution in [3.05, 3.63) is 59.9 Å². The summed E-state index contributed by atoms with van der Waals surface area (Å²) in [6.45, 7) is 1.25. The summed E-state index contributed by atoms with van der Waals surface area (Å²) < 4.78 is 45.6. The maximum Gasteiger partial charge on any atom is 0.244 e. The minimum Gasteiger partial charge on any atom is -0.497 e. The molecule has 1 aliphatic carbocycles. The van der Waals surface area contributed by atoms with E-state index in [2.05, 4.69) is 5.32 Å². The highest BCUT2D eigenvalue weighted by Crippen LogP contribution is 2.24. The molecule has 0 saturated heterocycles. The Hall–Kier alpha value is -3.14. The molecule has 10 heteroatoms. The highest BCUT2D eigenvalue weighted by atomic mass is 32.2. The third-order valence-electron chi connectivity index (χ3n) is 6.40. The van der Waals surface area contributed by atoms with Crippen molar-refractivity contribution in [2.75, 3.05) is 24.2 Å². The quantitative estimate of drug-likeness (QED) is 0.491. The molecule has 2 aromatic rings. The van der Waals surface area contributed by atoms with E-state index in [1.54, 1.807) is 38.3 Å². The van der Waals surface area contributed by atoms with E-state index in [1.165, 1.54) is 23.1 Å².